The van der Waals surface area contributed by atoms with Gasteiger partial charge in [0.15, 0.2) is 6.61 Å². The summed E-state index contributed by atoms with van der Waals surface area (Å²) in [5, 5.41) is 2.58. The highest BCUT2D eigenvalue weighted by molar-refractivity contribution is 7.91. The maximum Gasteiger partial charge on any atom is 0.305 e. The second-order valence-electron chi connectivity index (χ2n) is 10.6. The summed E-state index contributed by atoms with van der Waals surface area (Å²) in [6.07, 6.45) is 4.09. The SMILES string of the molecule is COC(=O)CCCCCNC(=O)COc1ccc(S(=O)(=O)n2c(S(=O)Cc3ncc(C)c(OC)c3C)nc3ccc(OC)cc32)cc1. The van der Waals surface area contributed by atoms with Crippen LogP contribution < -0.4 is 19.5 Å². The van der Waals surface area contributed by atoms with Gasteiger partial charge in [-0.2, -0.15) is 0 Å². The first kappa shape index (κ1) is 35.4. The van der Waals surface area contributed by atoms with Crippen molar-refractivity contribution in [3.05, 3.63) is 65.5 Å². The van der Waals surface area contributed by atoms with Crippen molar-refractivity contribution < 1.29 is 41.2 Å². The van der Waals surface area contributed by atoms with Gasteiger partial charge in [0.1, 0.15) is 17.2 Å². The number of rotatable bonds is 16. The average molecular weight is 687 g/mol. The first-order valence-electron chi connectivity index (χ1n) is 14.8. The molecule has 1 unspecified atom stereocenters. The first-order chi connectivity index (χ1) is 22.5. The molecule has 0 saturated heterocycles. The molecule has 1 amide bonds. The molecule has 0 aliphatic carbocycles. The van der Waals surface area contributed by atoms with Crippen LogP contribution >= 0.6 is 0 Å². The summed E-state index contributed by atoms with van der Waals surface area (Å²) < 4.78 is 64.0. The molecule has 1 atom stereocenters. The van der Waals surface area contributed by atoms with Gasteiger partial charge in [0.05, 0.1) is 59.5 Å². The predicted octanol–water partition coefficient (Wildman–Crippen LogP) is 3.84. The number of carbonyl (C=O) groups excluding carboxylic acids is 2. The van der Waals surface area contributed by atoms with E-state index in [9.17, 15) is 22.2 Å². The van der Waals surface area contributed by atoms with Crippen molar-refractivity contribution in [2.45, 2.75) is 55.3 Å². The maximum atomic E-state index is 14.1. The van der Waals surface area contributed by atoms with Crippen LogP contribution in [-0.4, -0.2) is 72.9 Å². The van der Waals surface area contributed by atoms with Crippen molar-refractivity contribution in [1.29, 1.82) is 0 Å². The standard InChI is InChI=1S/C32H38N4O9S2/c1-21-18-34-27(22(2)31(21)44-5)20-46(39)32-35-26-15-12-24(42-3)17-28(26)36(32)47(40,41)25-13-10-23(11-14-25)45-19-29(37)33-16-8-6-7-9-30(38)43-4/h10-15,17-18H,6-9,16,19-20H2,1-5H3,(H,33,37). The number of aromatic nitrogens is 3. The van der Waals surface area contributed by atoms with Crippen LogP contribution in [0.3, 0.4) is 0 Å². The van der Waals surface area contributed by atoms with E-state index in [0.29, 0.717) is 54.1 Å². The topological polar surface area (TPSA) is 165 Å². The number of pyridine rings is 1. The van der Waals surface area contributed by atoms with E-state index in [-0.39, 0.29) is 45.6 Å². The van der Waals surface area contributed by atoms with E-state index in [1.54, 1.807) is 32.4 Å². The quantitative estimate of drug-likeness (QED) is 0.135. The Morgan fingerprint density at radius 1 is 0.957 bits per heavy atom. The zero-order chi connectivity index (χ0) is 34.1. The summed E-state index contributed by atoms with van der Waals surface area (Å²) in [6.45, 7) is 3.82. The molecule has 0 spiro atoms. The number of unbranched alkanes of at least 4 members (excludes halogenated alkanes) is 2. The van der Waals surface area contributed by atoms with Crippen LogP contribution in [0.1, 0.15) is 42.5 Å². The number of imidazole rings is 1. The Morgan fingerprint density at radius 3 is 2.36 bits per heavy atom. The average Bonchev–Trinajstić information content (AvgIpc) is 3.47. The third kappa shape index (κ3) is 8.46. The van der Waals surface area contributed by atoms with E-state index in [0.717, 1.165) is 16.0 Å². The molecular weight excluding hydrogens is 649 g/mol. The van der Waals surface area contributed by atoms with Crippen molar-refractivity contribution in [2.24, 2.45) is 0 Å². The highest BCUT2D eigenvalue weighted by Crippen LogP contribution is 2.31. The fourth-order valence-corrected chi connectivity index (χ4v) is 7.87. The molecule has 4 aromatic rings. The molecule has 0 saturated carbocycles. The molecule has 0 fully saturated rings. The predicted molar refractivity (Wildman–Crippen MR) is 175 cm³/mol. The zero-order valence-corrected chi connectivity index (χ0v) is 28.5. The molecule has 2 aromatic carbocycles. The lowest BCUT2D eigenvalue weighted by Crippen LogP contribution is -2.29. The molecule has 13 nitrogen and oxygen atoms in total. The van der Waals surface area contributed by atoms with Gasteiger partial charge >= 0.3 is 5.97 Å². The second kappa shape index (κ2) is 15.9. The van der Waals surface area contributed by atoms with Crippen LogP contribution in [-0.2, 0) is 40.9 Å². The Morgan fingerprint density at radius 2 is 1.68 bits per heavy atom. The summed E-state index contributed by atoms with van der Waals surface area (Å²) in [4.78, 5) is 32.1. The largest absolute Gasteiger partial charge is 0.497 e. The molecule has 2 aromatic heterocycles. The summed E-state index contributed by atoms with van der Waals surface area (Å²) in [5.41, 5.74) is 2.52. The number of nitrogens with one attached hydrogen (secondary N) is 1. The molecular formula is C32H38N4O9S2. The summed E-state index contributed by atoms with van der Waals surface area (Å²) >= 11 is 0. The number of hydrogen-bond donors (Lipinski definition) is 1. The molecule has 0 radical (unpaired) electrons. The van der Waals surface area contributed by atoms with Crippen LogP contribution in [0.25, 0.3) is 11.0 Å². The van der Waals surface area contributed by atoms with E-state index in [1.807, 2.05) is 6.92 Å². The highest BCUT2D eigenvalue weighted by Gasteiger charge is 2.29. The van der Waals surface area contributed by atoms with Gasteiger partial charge in [0, 0.05) is 36.4 Å². The normalized spacial score (nSPS) is 12.0. The summed E-state index contributed by atoms with van der Waals surface area (Å²) in [7, 11) is -1.91. The minimum absolute atomic E-state index is 0.0964. The van der Waals surface area contributed by atoms with Gasteiger partial charge < -0.3 is 24.3 Å². The van der Waals surface area contributed by atoms with Crippen molar-refractivity contribution in [3.63, 3.8) is 0 Å². The van der Waals surface area contributed by atoms with Gasteiger partial charge in [0.25, 0.3) is 15.9 Å². The van der Waals surface area contributed by atoms with Gasteiger partial charge in [-0.05, 0) is 63.1 Å². The first-order valence-corrected chi connectivity index (χ1v) is 17.5. The lowest BCUT2D eigenvalue weighted by atomic mass is 10.1. The third-order valence-corrected chi connectivity index (χ3v) is 10.4. The Labute approximate surface area is 276 Å². The van der Waals surface area contributed by atoms with Crippen molar-refractivity contribution in [2.75, 3.05) is 34.5 Å². The fourth-order valence-electron chi connectivity index (χ4n) is 4.83. The van der Waals surface area contributed by atoms with Crippen LogP contribution in [0.2, 0.25) is 0 Å². The molecule has 47 heavy (non-hydrogen) atoms. The van der Waals surface area contributed by atoms with E-state index < -0.39 is 20.8 Å². The molecule has 1 N–H and O–H groups in total. The van der Waals surface area contributed by atoms with Gasteiger partial charge in [-0.15, -0.1) is 0 Å². The maximum absolute atomic E-state index is 14.1. The minimum Gasteiger partial charge on any atom is -0.497 e. The fraction of sp³-hybridized carbons (Fsp3) is 0.375. The van der Waals surface area contributed by atoms with Crippen molar-refractivity contribution >= 4 is 43.7 Å². The number of methoxy groups -OCH3 is 3. The van der Waals surface area contributed by atoms with Crippen molar-refractivity contribution in [3.8, 4) is 17.2 Å². The van der Waals surface area contributed by atoms with Crippen LogP contribution in [0.5, 0.6) is 17.2 Å². The van der Waals surface area contributed by atoms with Gasteiger partial charge in [0.2, 0.25) is 5.16 Å². The number of esters is 1. The molecule has 2 heterocycles. The highest BCUT2D eigenvalue weighted by atomic mass is 32.2. The van der Waals surface area contributed by atoms with E-state index in [2.05, 4.69) is 20.0 Å². The van der Waals surface area contributed by atoms with Gasteiger partial charge in [-0.25, -0.2) is 17.4 Å². The minimum atomic E-state index is -4.32. The molecule has 4 rings (SSSR count). The van der Waals surface area contributed by atoms with Crippen molar-refractivity contribution in [1.82, 2.24) is 19.3 Å². The van der Waals surface area contributed by atoms with Gasteiger partial charge in [-0.1, -0.05) is 6.42 Å². The van der Waals surface area contributed by atoms with Crippen LogP contribution in [0.15, 0.2) is 58.7 Å². The Bertz CT molecular complexity index is 1870. The number of carbonyl (C=O) groups is 2. The molecule has 0 aliphatic rings. The van der Waals surface area contributed by atoms with E-state index >= 15 is 0 Å². The number of benzene rings is 2. The van der Waals surface area contributed by atoms with Crippen LogP contribution in [0.4, 0.5) is 0 Å². The summed E-state index contributed by atoms with van der Waals surface area (Å²) in [6, 6.07) is 10.3. The summed E-state index contributed by atoms with van der Waals surface area (Å²) in [5.74, 6) is 0.605. The molecule has 15 heteroatoms. The molecule has 0 bridgehead atoms. The number of aryl methyl sites for hydroxylation is 1. The number of amides is 1. The molecule has 252 valence electrons. The number of nitrogens with zero attached hydrogens (tertiary/aromatic N) is 3. The number of fused-ring (bicyclic) bond motifs is 1. The number of ether oxygens (including phenoxy) is 4. The van der Waals surface area contributed by atoms with E-state index in [4.69, 9.17) is 14.2 Å². The lowest BCUT2D eigenvalue weighted by molar-refractivity contribution is -0.140. The number of hydrogen-bond acceptors (Lipinski definition) is 11. The van der Waals surface area contributed by atoms with E-state index in [1.165, 1.54) is 44.6 Å². The van der Waals surface area contributed by atoms with Gasteiger partial charge in [-0.3, -0.25) is 18.8 Å². The second-order valence-corrected chi connectivity index (χ2v) is 13.7. The lowest BCUT2D eigenvalue weighted by Gasteiger charge is -2.13. The Hall–Kier alpha value is -4.50. The Kier molecular flexibility index (Phi) is 11.9. The van der Waals surface area contributed by atoms with Crippen LogP contribution in [0, 0.1) is 13.8 Å². The molecule has 0 aliphatic heterocycles. The smallest absolute Gasteiger partial charge is 0.305 e. The zero-order valence-electron chi connectivity index (χ0n) is 26.9. The Balaban J connectivity index is 1.52. The third-order valence-electron chi connectivity index (χ3n) is 7.35. The monoisotopic (exact) mass is 686 g/mol.